The van der Waals surface area contributed by atoms with Gasteiger partial charge in [0.15, 0.2) is 0 Å². The van der Waals surface area contributed by atoms with E-state index in [1.807, 2.05) is 6.07 Å². The molecule has 0 spiro atoms. The normalized spacial score (nSPS) is 12.8. The van der Waals surface area contributed by atoms with Crippen molar-refractivity contribution in [1.29, 1.82) is 0 Å². The predicted molar refractivity (Wildman–Crippen MR) is 52.1 cm³/mol. The van der Waals surface area contributed by atoms with Gasteiger partial charge in [-0.1, -0.05) is 26.7 Å². The largest absolute Gasteiger partial charge is 0.228 e. The highest BCUT2D eigenvalue weighted by Crippen LogP contribution is 2.20. The van der Waals surface area contributed by atoms with E-state index in [9.17, 15) is 4.39 Å². The minimum Gasteiger partial charge on any atom is -0.228 e. The van der Waals surface area contributed by atoms with E-state index in [0.29, 0.717) is 5.92 Å². The second-order valence-electron chi connectivity index (χ2n) is 3.46. The summed E-state index contributed by atoms with van der Waals surface area (Å²) in [6.45, 7) is 4.30. The Labute approximate surface area is 79.0 Å². The topological polar surface area (TPSA) is 12.9 Å². The molecule has 1 nitrogen and oxygen atoms in total. The molecule has 1 aromatic heterocycles. The SMILES string of the molecule is CCCCC(C)c1ccnc(F)c1. The van der Waals surface area contributed by atoms with Crippen molar-refractivity contribution < 1.29 is 4.39 Å². The molecule has 1 aromatic rings. The van der Waals surface area contributed by atoms with E-state index in [0.717, 1.165) is 12.0 Å². The maximum absolute atomic E-state index is 12.7. The van der Waals surface area contributed by atoms with E-state index < -0.39 is 0 Å². The quantitative estimate of drug-likeness (QED) is 0.648. The first-order chi connectivity index (χ1) is 6.24. The van der Waals surface area contributed by atoms with Crippen LogP contribution in [-0.4, -0.2) is 4.98 Å². The van der Waals surface area contributed by atoms with Crippen LogP contribution in [0.1, 0.15) is 44.6 Å². The summed E-state index contributed by atoms with van der Waals surface area (Å²) in [5, 5.41) is 0. The molecule has 0 saturated carbocycles. The van der Waals surface area contributed by atoms with Crippen molar-refractivity contribution in [3.63, 3.8) is 0 Å². The monoisotopic (exact) mass is 181 g/mol. The third kappa shape index (κ3) is 3.13. The Bertz CT molecular complexity index is 260. The first kappa shape index (κ1) is 10.2. The van der Waals surface area contributed by atoms with Crippen molar-refractivity contribution >= 4 is 0 Å². The molecule has 0 aliphatic heterocycles. The van der Waals surface area contributed by atoms with Gasteiger partial charge >= 0.3 is 0 Å². The number of halogens is 1. The number of rotatable bonds is 4. The molecular formula is C11H16FN. The lowest BCUT2D eigenvalue weighted by molar-refractivity contribution is 0.570. The molecule has 1 atom stereocenters. The van der Waals surface area contributed by atoms with Crippen LogP contribution in [0.15, 0.2) is 18.3 Å². The lowest BCUT2D eigenvalue weighted by Crippen LogP contribution is -1.95. The van der Waals surface area contributed by atoms with Gasteiger partial charge in [0.25, 0.3) is 0 Å². The van der Waals surface area contributed by atoms with Crippen LogP contribution in [0.5, 0.6) is 0 Å². The predicted octanol–water partition coefficient (Wildman–Crippen LogP) is 3.51. The van der Waals surface area contributed by atoms with Gasteiger partial charge < -0.3 is 0 Å². The first-order valence-corrected chi connectivity index (χ1v) is 4.85. The second-order valence-corrected chi connectivity index (χ2v) is 3.46. The Morgan fingerprint density at radius 3 is 2.92 bits per heavy atom. The van der Waals surface area contributed by atoms with Crippen LogP contribution >= 0.6 is 0 Å². The molecule has 0 bridgehead atoms. The van der Waals surface area contributed by atoms with E-state index >= 15 is 0 Å². The maximum Gasteiger partial charge on any atom is 0.213 e. The molecule has 0 aromatic carbocycles. The lowest BCUT2D eigenvalue weighted by Gasteiger charge is -2.10. The lowest BCUT2D eigenvalue weighted by atomic mass is 9.97. The summed E-state index contributed by atoms with van der Waals surface area (Å²) in [6.07, 6.45) is 5.05. The fourth-order valence-corrected chi connectivity index (χ4v) is 1.40. The molecule has 1 rings (SSSR count). The number of nitrogens with zero attached hydrogens (tertiary/aromatic N) is 1. The van der Waals surface area contributed by atoms with Crippen molar-refractivity contribution in [3.8, 4) is 0 Å². The molecule has 1 heterocycles. The Balaban J connectivity index is 2.60. The van der Waals surface area contributed by atoms with Crippen molar-refractivity contribution in [1.82, 2.24) is 4.98 Å². The fourth-order valence-electron chi connectivity index (χ4n) is 1.40. The minimum atomic E-state index is -0.374. The standard InChI is InChI=1S/C11H16FN/c1-3-4-5-9(2)10-6-7-13-11(12)8-10/h6-9H,3-5H2,1-2H3. The van der Waals surface area contributed by atoms with E-state index in [4.69, 9.17) is 0 Å². The summed E-state index contributed by atoms with van der Waals surface area (Å²) in [4.78, 5) is 3.54. The Hall–Kier alpha value is -0.920. The summed E-state index contributed by atoms with van der Waals surface area (Å²) in [5.74, 6) is 0.0679. The van der Waals surface area contributed by atoms with E-state index in [1.165, 1.54) is 25.1 Å². The summed E-state index contributed by atoms with van der Waals surface area (Å²) >= 11 is 0. The van der Waals surface area contributed by atoms with E-state index in [-0.39, 0.29) is 5.95 Å². The highest BCUT2D eigenvalue weighted by molar-refractivity contribution is 5.15. The Morgan fingerprint density at radius 2 is 2.31 bits per heavy atom. The van der Waals surface area contributed by atoms with E-state index in [2.05, 4.69) is 18.8 Å². The number of hydrogen-bond donors (Lipinski definition) is 0. The van der Waals surface area contributed by atoms with Crippen molar-refractivity contribution in [2.75, 3.05) is 0 Å². The van der Waals surface area contributed by atoms with Crippen LogP contribution in [0.2, 0.25) is 0 Å². The zero-order valence-corrected chi connectivity index (χ0v) is 8.26. The Morgan fingerprint density at radius 1 is 1.54 bits per heavy atom. The van der Waals surface area contributed by atoms with Gasteiger partial charge in [-0.05, 0) is 30.0 Å². The van der Waals surface area contributed by atoms with Gasteiger partial charge in [0.1, 0.15) is 0 Å². The summed E-state index contributed by atoms with van der Waals surface area (Å²) in [7, 11) is 0. The van der Waals surface area contributed by atoms with Gasteiger partial charge in [-0.2, -0.15) is 4.39 Å². The highest BCUT2D eigenvalue weighted by atomic mass is 19.1. The van der Waals surface area contributed by atoms with Crippen LogP contribution in [0, 0.1) is 5.95 Å². The summed E-state index contributed by atoms with van der Waals surface area (Å²) < 4.78 is 12.7. The van der Waals surface area contributed by atoms with Crippen LogP contribution in [-0.2, 0) is 0 Å². The van der Waals surface area contributed by atoms with Crippen molar-refractivity contribution in [3.05, 3.63) is 29.8 Å². The van der Waals surface area contributed by atoms with Gasteiger partial charge in [-0.15, -0.1) is 0 Å². The van der Waals surface area contributed by atoms with Crippen molar-refractivity contribution in [2.45, 2.75) is 39.0 Å². The van der Waals surface area contributed by atoms with Crippen LogP contribution in [0.3, 0.4) is 0 Å². The van der Waals surface area contributed by atoms with Gasteiger partial charge in [-0.3, -0.25) is 0 Å². The molecule has 0 saturated heterocycles. The molecule has 72 valence electrons. The third-order valence-corrected chi connectivity index (χ3v) is 2.31. The average molecular weight is 181 g/mol. The molecule has 0 fully saturated rings. The summed E-state index contributed by atoms with van der Waals surface area (Å²) in [5.41, 5.74) is 1.06. The van der Waals surface area contributed by atoms with E-state index in [1.54, 1.807) is 0 Å². The fraction of sp³-hybridized carbons (Fsp3) is 0.545. The zero-order chi connectivity index (χ0) is 9.68. The Kier molecular flexibility index (Phi) is 3.87. The molecule has 1 unspecified atom stereocenters. The minimum absolute atomic E-state index is 0.374. The highest BCUT2D eigenvalue weighted by Gasteiger charge is 2.05. The van der Waals surface area contributed by atoms with Crippen molar-refractivity contribution in [2.24, 2.45) is 0 Å². The number of pyridine rings is 1. The maximum atomic E-state index is 12.7. The van der Waals surface area contributed by atoms with Crippen LogP contribution in [0.4, 0.5) is 4.39 Å². The van der Waals surface area contributed by atoms with Gasteiger partial charge in [0, 0.05) is 6.20 Å². The molecule has 0 N–H and O–H groups in total. The number of aromatic nitrogens is 1. The van der Waals surface area contributed by atoms with Crippen LogP contribution in [0.25, 0.3) is 0 Å². The van der Waals surface area contributed by atoms with Gasteiger partial charge in [-0.25, -0.2) is 4.98 Å². The van der Waals surface area contributed by atoms with Crippen LogP contribution < -0.4 is 0 Å². The molecule has 0 amide bonds. The molecule has 2 heteroatoms. The molecular weight excluding hydrogens is 165 g/mol. The molecule has 0 radical (unpaired) electrons. The average Bonchev–Trinajstić information content (AvgIpc) is 2.14. The molecule has 0 aliphatic rings. The van der Waals surface area contributed by atoms with Gasteiger partial charge in [0.05, 0.1) is 0 Å². The summed E-state index contributed by atoms with van der Waals surface area (Å²) in [6, 6.07) is 3.42. The second kappa shape index (κ2) is 4.95. The zero-order valence-electron chi connectivity index (χ0n) is 8.26. The molecule has 0 aliphatic carbocycles. The smallest absolute Gasteiger partial charge is 0.213 e. The third-order valence-electron chi connectivity index (χ3n) is 2.31. The number of unbranched alkanes of at least 4 members (excludes halogenated alkanes) is 1. The number of hydrogen-bond acceptors (Lipinski definition) is 1. The first-order valence-electron chi connectivity index (χ1n) is 4.85. The molecule has 13 heavy (non-hydrogen) atoms. The van der Waals surface area contributed by atoms with Gasteiger partial charge in [0.2, 0.25) is 5.95 Å².